The van der Waals surface area contributed by atoms with Crippen LogP contribution in [0.2, 0.25) is 5.02 Å². The molecule has 0 bridgehead atoms. The minimum absolute atomic E-state index is 0.207. The molecule has 0 aliphatic rings. The van der Waals surface area contributed by atoms with E-state index in [1.807, 2.05) is 0 Å². The van der Waals surface area contributed by atoms with Crippen LogP contribution in [0.3, 0.4) is 0 Å². The number of anilines is 1. The Morgan fingerprint density at radius 1 is 1.28 bits per heavy atom. The van der Waals surface area contributed by atoms with Crippen molar-refractivity contribution in [1.29, 1.82) is 0 Å². The van der Waals surface area contributed by atoms with Crippen LogP contribution < -0.4 is 5.32 Å². The maximum Gasteiger partial charge on any atom is 0.237 e. The van der Waals surface area contributed by atoms with Crippen LogP contribution in [0.5, 0.6) is 0 Å². The van der Waals surface area contributed by atoms with Crippen LogP contribution in [0, 0.1) is 5.82 Å². The standard InChI is InChI=1S/C16H13ClFN5OS/c1-10(15(24)19-13-7-5-11(17)6-8-13)25-16-20-21-22-23(16)14-4-2-3-12(18)9-14/h2-10H,1H3,(H,19,24). The van der Waals surface area contributed by atoms with E-state index in [0.29, 0.717) is 21.6 Å². The van der Waals surface area contributed by atoms with Crippen LogP contribution in [0.15, 0.2) is 53.7 Å². The third-order valence-electron chi connectivity index (χ3n) is 3.26. The van der Waals surface area contributed by atoms with Gasteiger partial charge in [0, 0.05) is 10.7 Å². The summed E-state index contributed by atoms with van der Waals surface area (Å²) in [5.41, 5.74) is 1.13. The van der Waals surface area contributed by atoms with E-state index in [4.69, 9.17) is 11.6 Å². The first-order valence-electron chi connectivity index (χ1n) is 7.30. The number of halogens is 2. The second-order valence-corrected chi connectivity index (χ2v) is 6.85. The molecule has 1 atom stereocenters. The van der Waals surface area contributed by atoms with Crippen LogP contribution in [0.4, 0.5) is 10.1 Å². The maximum absolute atomic E-state index is 13.4. The van der Waals surface area contributed by atoms with Gasteiger partial charge in [-0.25, -0.2) is 4.39 Å². The highest BCUT2D eigenvalue weighted by Gasteiger charge is 2.19. The fourth-order valence-electron chi connectivity index (χ4n) is 2.01. The van der Waals surface area contributed by atoms with Crippen molar-refractivity contribution in [3.63, 3.8) is 0 Å². The smallest absolute Gasteiger partial charge is 0.237 e. The number of rotatable bonds is 5. The van der Waals surface area contributed by atoms with Crippen molar-refractivity contribution in [2.75, 3.05) is 5.32 Å². The average molecular weight is 378 g/mol. The molecule has 1 unspecified atom stereocenters. The van der Waals surface area contributed by atoms with E-state index in [1.54, 1.807) is 43.3 Å². The van der Waals surface area contributed by atoms with Gasteiger partial charge in [0.25, 0.3) is 0 Å². The van der Waals surface area contributed by atoms with E-state index in [2.05, 4.69) is 20.8 Å². The van der Waals surface area contributed by atoms with Crippen molar-refractivity contribution in [3.05, 3.63) is 59.4 Å². The number of amides is 1. The largest absolute Gasteiger partial charge is 0.325 e. The molecule has 9 heteroatoms. The van der Waals surface area contributed by atoms with Gasteiger partial charge in [0.1, 0.15) is 5.82 Å². The van der Waals surface area contributed by atoms with Gasteiger partial charge >= 0.3 is 0 Å². The first-order valence-corrected chi connectivity index (χ1v) is 8.56. The number of benzene rings is 2. The molecule has 2 aromatic carbocycles. The molecular formula is C16H13ClFN5OS. The summed E-state index contributed by atoms with van der Waals surface area (Å²) in [6.07, 6.45) is 0. The Morgan fingerprint density at radius 3 is 2.76 bits per heavy atom. The molecule has 1 N–H and O–H groups in total. The highest BCUT2D eigenvalue weighted by Crippen LogP contribution is 2.24. The molecule has 1 aromatic heterocycles. The first-order chi connectivity index (χ1) is 12.0. The van der Waals surface area contributed by atoms with Crippen LogP contribution >= 0.6 is 23.4 Å². The molecule has 25 heavy (non-hydrogen) atoms. The monoisotopic (exact) mass is 377 g/mol. The van der Waals surface area contributed by atoms with Gasteiger partial charge in [0.15, 0.2) is 0 Å². The minimum Gasteiger partial charge on any atom is -0.325 e. The zero-order valence-corrected chi connectivity index (χ0v) is 14.6. The minimum atomic E-state index is -0.464. The van der Waals surface area contributed by atoms with E-state index in [9.17, 15) is 9.18 Å². The lowest BCUT2D eigenvalue weighted by molar-refractivity contribution is -0.115. The van der Waals surface area contributed by atoms with Crippen molar-refractivity contribution in [3.8, 4) is 5.69 Å². The zero-order chi connectivity index (χ0) is 17.8. The normalized spacial score (nSPS) is 12.0. The van der Waals surface area contributed by atoms with Gasteiger partial charge < -0.3 is 5.32 Å². The predicted octanol–water partition coefficient (Wildman–Crippen LogP) is 3.57. The second kappa shape index (κ2) is 7.62. The molecule has 0 aliphatic carbocycles. The molecule has 0 spiro atoms. The van der Waals surface area contributed by atoms with Gasteiger partial charge in [0.05, 0.1) is 10.9 Å². The summed E-state index contributed by atoms with van der Waals surface area (Å²) in [7, 11) is 0. The molecule has 0 aliphatic heterocycles. The van der Waals surface area contributed by atoms with Gasteiger partial charge in [-0.15, -0.1) is 5.10 Å². The SMILES string of the molecule is CC(Sc1nnnn1-c1cccc(F)c1)C(=O)Nc1ccc(Cl)cc1. The zero-order valence-electron chi connectivity index (χ0n) is 13.1. The Labute approximate surface area is 152 Å². The van der Waals surface area contributed by atoms with Crippen molar-refractivity contribution in [2.45, 2.75) is 17.3 Å². The van der Waals surface area contributed by atoms with Crippen LogP contribution in [0.25, 0.3) is 5.69 Å². The van der Waals surface area contributed by atoms with Crippen molar-refractivity contribution < 1.29 is 9.18 Å². The predicted molar refractivity (Wildman–Crippen MR) is 94.5 cm³/mol. The van der Waals surface area contributed by atoms with Gasteiger partial charge in [-0.3, -0.25) is 4.79 Å². The van der Waals surface area contributed by atoms with Crippen LogP contribution in [-0.2, 0) is 4.79 Å². The van der Waals surface area contributed by atoms with Gasteiger partial charge in [-0.1, -0.05) is 29.4 Å². The topological polar surface area (TPSA) is 72.7 Å². The third-order valence-corrected chi connectivity index (χ3v) is 4.54. The molecule has 0 fully saturated rings. The summed E-state index contributed by atoms with van der Waals surface area (Å²) in [5, 5.41) is 14.7. The van der Waals surface area contributed by atoms with Crippen molar-refractivity contribution >= 4 is 35.0 Å². The fraction of sp³-hybridized carbons (Fsp3) is 0.125. The number of nitrogens with one attached hydrogen (secondary N) is 1. The number of thioether (sulfide) groups is 1. The molecule has 0 saturated heterocycles. The Kier molecular flexibility index (Phi) is 5.30. The highest BCUT2D eigenvalue weighted by molar-refractivity contribution is 8.00. The van der Waals surface area contributed by atoms with Gasteiger partial charge in [-0.2, -0.15) is 4.68 Å². The number of tetrazole rings is 1. The molecule has 3 rings (SSSR count). The van der Waals surface area contributed by atoms with Crippen molar-refractivity contribution in [1.82, 2.24) is 20.2 Å². The number of aromatic nitrogens is 4. The van der Waals surface area contributed by atoms with Crippen LogP contribution in [-0.4, -0.2) is 31.4 Å². The van der Waals surface area contributed by atoms with E-state index >= 15 is 0 Å². The van der Waals surface area contributed by atoms with E-state index in [0.717, 1.165) is 0 Å². The third kappa shape index (κ3) is 4.34. The summed E-state index contributed by atoms with van der Waals surface area (Å²) < 4.78 is 14.8. The summed E-state index contributed by atoms with van der Waals surface area (Å²) in [5.74, 6) is -0.599. The molecule has 6 nitrogen and oxygen atoms in total. The number of carbonyl (C=O) groups is 1. The Bertz CT molecular complexity index is 886. The molecule has 0 saturated carbocycles. The van der Waals surface area contributed by atoms with E-state index < -0.39 is 11.1 Å². The summed E-state index contributed by atoms with van der Waals surface area (Å²) >= 11 is 7.00. The Hall–Kier alpha value is -2.45. The lowest BCUT2D eigenvalue weighted by atomic mass is 10.3. The lowest BCUT2D eigenvalue weighted by Crippen LogP contribution is -2.22. The fourth-order valence-corrected chi connectivity index (χ4v) is 2.94. The highest BCUT2D eigenvalue weighted by atomic mass is 35.5. The first kappa shape index (κ1) is 17.4. The summed E-state index contributed by atoms with van der Waals surface area (Å²) in [4.78, 5) is 12.3. The molecule has 1 amide bonds. The summed E-state index contributed by atoms with van der Waals surface area (Å²) in [6, 6.07) is 12.7. The second-order valence-electron chi connectivity index (χ2n) is 5.11. The molecule has 3 aromatic rings. The Morgan fingerprint density at radius 2 is 2.04 bits per heavy atom. The number of hydrogen-bond acceptors (Lipinski definition) is 5. The number of carbonyl (C=O) groups excluding carboxylic acids is 1. The van der Waals surface area contributed by atoms with Gasteiger partial charge in [-0.05, 0) is 59.8 Å². The molecule has 128 valence electrons. The molecule has 0 radical (unpaired) electrons. The molecule has 1 heterocycles. The van der Waals surface area contributed by atoms with E-state index in [1.165, 1.54) is 28.6 Å². The quantitative estimate of drug-likeness (QED) is 0.688. The average Bonchev–Trinajstić information content (AvgIpc) is 3.05. The number of hydrogen-bond donors (Lipinski definition) is 1. The van der Waals surface area contributed by atoms with E-state index in [-0.39, 0.29) is 5.91 Å². The lowest BCUT2D eigenvalue weighted by Gasteiger charge is -2.11. The maximum atomic E-state index is 13.4. The van der Waals surface area contributed by atoms with Crippen LogP contribution in [0.1, 0.15) is 6.92 Å². The van der Waals surface area contributed by atoms with Crippen molar-refractivity contribution in [2.24, 2.45) is 0 Å². The Balaban J connectivity index is 1.71. The summed E-state index contributed by atoms with van der Waals surface area (Å²) in [6.45, 7) is 1.74. The number of nitrogens with zero attached hydrogens (tertiary/aromatic N) is 4. The van der Waals surface area contributed by atoms with Gasteiger partial charge in [0.2, 0.25) is 11.1 Å². The molecular weight excluding hydrogens is 365 g/mol.